The van der Waals surface area contributed by atoms with Gasteiger partial charge in [0.15, 0.2) is 0 Å². The maximum Gasteiger partial charge on any atom is 0.373 e. The van der Waals surface area contributed by atoms with Gasteiger partial charge in [-0.3, -0.25) is 4.79 Å². The van der Waals surface area contributed by atoms with Gasteiger partial charge in [0.1, 0.15) is 0 Å². The van der Waals surface area contributed by atoms with Crippen molar-refractivity contribution in [2.75, 3.05) is 5.73 Å². The largest absolute Gasteiger partial charge is 0.399 e. The number of rotatable bonds is 8. The Kier molecular flexibility index (Phi) is 10.4. The molecule has 5 heteroatoms. The molecule has 0 aliphatic carbocycles. The summed E-state index contributed by atoms with van der Waals surface area (Å²) in [6, 6.07) is 24.7. The van der Waals surface area contributed by atoms with Crippen LogP contribution in [-0.4, -0.2) is 18.1 Å². The summed E-state index contributed by atoms with van der Waals surface area (Å²) in [5, 5.41) is 3.29. The highest BCUT2D eigenvalue weighted by molar-refractivity contribution is 5.95. The summed E-state index contributed by atoms with van der Waals surface area (Å²) >= 11 is 0. The van der Waals surface area contributed by atoms with Crippen molar-refractivity contribution in [3.05, 3.63) is 101 Å². The molecule has 0 saturated heterocycles. The van der Waals surface area contributed by atoms with Gasteiger partial charge in [0, 0.05) is 17.3 Å². The summed E-state index contributed by atoms with van der Waals surface area (Å²) in [5.41, 5.74) is 12.5. The van der Waals surface area contributed by atoms with Crippen LogP contribution in [0.15, 0.2) is 72.8 Å². The van der Waals surface area contributed by atoms with Crippen LogP contribution in [0.2, 0.25) is 0 Å². The monoisotopic (exact) mass is 472 g/mol. The van der Waals surface area contributed by atoms with E-state index in [-0.39, 0.29) is 23.5 Å². The van der Waals surface area contributed by atoms with Crippen LogP contribution in [0.1, 0.15) is 59.8 Å². The number of nitrogen functional groups attached to an aromatic ring is 1. The maximum absolute atomic E-state index is 13.1. The van der Waals surface area contributed by atoms with Crippen LogP contribution in [0, 0.1) is 12.3 Å². The van der Waals surface area contributed by atoms with Crippen LogP contribution in [0.4, 0.5) is 5.69 Å². The molecule has 1 atom stereocenters. The summed E-state index contributed by atoms with van der Waals surface area (Å²) in [6.45, 7) is 8.63. The van der Waals surface area contributed by atoms with Crippen LogP contribution in [-0.2, 0) is 28.9 Å². The van der Waals surface area contributed by atoms with E-state index in [4.69, 9.17) is 15.3 Å². The Balaban J connectivity index is 0.00000137. The highest BCUT2D eigenvalue weighted by Crippen LogP contribution is 2.24. The molecule has 0 saturated carbocycles. The molecular formula is C30H36N2O3. The molecule has 0 aliphatic heterocycles. The minimum absolute atomic E-state index is 0.0328. The lowest BCUT2D eigenvalue weighted by Crippen LogP contribution is -2.44. The van der Waals surface area contributed by atoms with E-state index in [9.17, 15) is 4.79 Å². The number of carbonyl (C=O) groups is 1. The van der Waals surface area contributed by atoms with Gasteiger partial charge in [-0.05, 0) is 72.9 Å². The quantitative estimate of drug-likeness (QED) is 0.420. The Labute approximate surface area is 208 Å². The van der Waals surface area contributed by atoms with E-state index in [2.05, 4.69) is 81.5 Å². The van der Waals surface area contributed by atoms with Crippen LogP contribution in [0.3, 0.4) is 0 Å². The van der Waals surface area contributed by atoms with E-state index in [0.717, 1.165) is 36.9 Å². The number of anilines is 1. The third-order valence-corrected chi connectivity index (χ3v) is 6.12. The van der Waals surface area contributed by atoms with Crippen LogP contribution in [0.25, 0.3) is 0 Å². The molecule has 3 rings (SSSR count). The van der Waals surface area contributed by atoms with Crippen molar-refractivity contribution in [2.45, 2.75) is 59.4 Å². The molecule has 0 spiro atoms. The predicted octanol–water partition coefficient (Wildman–Crippen LogP) is 5.56. The van der Waals surface area contributed by atoms with Crippen molar-refractivity contribution in [2.24, 2.45) is 5.41 Å². The fourth-order valence-corrected chi connectivity index (χ4v) is 3.92. The number of amides is 1. The predicted molar refractivity (Wildman–Crippen MR) is 140 cm³/mol. The second kappa shape index (κ2) is 13.3. The number of hydrogen-bond donors (Lipinski definition) is 2. The molecule has 3 aromatic rings. The second-order valence-corrected chi connectivity index (χ2v) is 9.90. The van der Waals surface area contributed by atoms with E-state index in [1.54, 1.807) is 0 Å². The van der Waals surface area contributed by atoms with Gasteiger partial charge in [-0.15, -0.1) is 0 Å². The zero-order chi connectivity index (χ0) is 25.8. The van der Waals surface area contributed by atoms with Gasteiger partial charge >= 0.3 is 6.15 Å². The molecule has 1 amide bonds. The zero-order valence-electron chi connectivity index (χ0n) is 21.1. The van der Waals surface area contributed by atoms with Gasteiger partial charge in [0.2, 0.25) is 0 Å². The van der Waals surface area contributed by atoms with Gasteiger partial charge in [-0.1, -0.05) is 80.9 Å². The number of hydrogen-bond acceptors (Lipinski definition) is 4. The summed E-state index contributed by atoms with van der Waals surface area (Å²) in [5.74, 6) is -0.0328. The molecule has 0 bridgehead atoms. The van der Waals surface area contributed by atoms with Gasteiger partial charge in [-0.2, -0.15) is 9.59 Å². The fraction of sp³-hybridized carbons (Fsp3) is 0.333. The highest BCUT2D eigenvalue weighted by Gasteiger charge is 2.26. The average Bonchev–Trinajstić information content (AvgIpc) is 2.82. The molecule has 0 aliphatic rings. The van der Waals surface area contributed by atoms with Gasteiger partial charge in [0.25, 0.3) is 5.91 Å². The number of carbonyl (C=O) groups excluding carboxylic acids is 3. The fourth-order valence-electron chi connectivity index (χ4n) is 3.92. The summed E-state index contributed by atoms with van der Waals surface area (Å²) in [7, 11) is 0. The van der Waals surface area contributed by atoms with Crippen molar-refractivity contribution in [3.8, 4) is 0 Å². The standard InChI is InChI=1S/C29H36N2O.CO2/c1-21-10-12-23(13-11-21)14-16-24-20-25(17-18-26(24)30)28(32)31-27(29(2,3)4)19-15-22-8-6-5-7-9-22;2-1-3/h5-13,17-18,20,27H,14-16,19,30H2,1-4H3,(H,31,32);/t27-;/m0./s1. The zero-order valence-corrected chi connectivity index (χ0v) is 21.1. The van der Waals surface area contributed by atoms with Crippen molar-refractivity contribution in [3.63, 3.8) is 0 Å². The third kappa shape index (κ3) is 9.23. The van der Waals surface area contributed by atoms with Crippen molar-refractivity contribution in [1.29, 1.82) is 0 Å². The molecule has 3 aromatic carbocycles. The summed E-state index contributed by atoms with van der Waals surface area (Å²) in [6.07, 6.45) is 3.80. The first-order valence-corrected chi connectivity index (χ1v) is 11.9. The van der Waals surface area contributed by atoms with Crippen LogP contribution >= 0.6 is 0 Å². The minimum atomic E-state index is -0.0352. The highest BCUT2D eigenvalue weighted by atomic mass is 16.2. The first kappa shape index (κ1) is 27.6. The molecule has 3 N–H and O–H groups in total. The maximum atomic E-state index is 13.1. The van der Waals surface area contributed by atoms with Gasteiger partial charge < -0.3 is 11.1 Å². The van der Waals surface area contributed by atoms with Crippen molar-refractivity contribution >= 4 is 17.7 Å². The Morgan fingerprint density at radius 2 is 1.49 bits per heavy atom. The molecule has 0 unspecified atom stereocenters. The van der Waals surface area contributed by atoms with E-state index in [1.807, 2.05) is 24.3 Å². The Bertz CT molecular complexity index is 1110. The van der Waals surface area contributed by atoms with Crippen LogP contribution in [0.5, 0.6) is 0 Å². The lowest BCUT2D eigenvalue weighted by molar-refractivity contribution is -0.191. The number of nitrogens with one attached hydrogen (secondary N) is 1. The molecule has 5 nitrogen and oxygen atoms in total. The number of benzene rings is 3. The lowest BCUT2D eigenvalue weighted by Gasteiger charge is -2.32. The average molecular weight is 473 g/mol. The topological polar surface area (TPSA) is 89.3 Å². The number of nitrogens with two attached hydrogens (primary N) is 1. The Morgan fingerprint density at radius 1 is 0.886 bits per heavy atom. The normalized spacial score (nSPS) is 11.5. The molecule has 184 valence electrons. The van der Waals surface area contributed by atoms with Gasteiger partial charge in [0.05, 0.1) is 0 Å². The first-order valence-electron chi connectivity index (χ1n) is 11.9. The minimum Gasteiger partial charge on any atom is -0.399 e. The van der Waals surface area contributed by atoms with E-state index in [1.165, 1.54) is 16.7 Å². The first-order chi connectivity index (χ1) is 16.6. The lowest BCUT2D eigenvalue weighted by atomic mass is 9.83. The van der Waals surface area contributed by atoms with Crippen molar-refractivity contribution < 1.29 is 14.4 Å². The SMILES string of the molecule is Cc1ccc(CCc2cc(C(=O)N[C@@H](CCc3ccccc3)C(C)(C)C)ccc2N)cc1.O=C=O. The summed E-state index contributed by atoms with van der Waals surface area (Å²) < 4.78 is 0. The van der Waals surface area contributed by atoms with Gasteiger partial charge in [-0.25, -0.2) is 0 Å². The summed E-state index contributed by atoms with van der Waals surface area (Å²) in [4.78, 5) is 29.4. The Hall–Kier alpha value is -3.69. The molecule has 0 aromatic heterocycles. The molecular weight excluding hydrogens is 436 g/mol. The molecule has 0 radical (unpaired) electrons. The van der Waals surface area contributed by atoms with E-state index in [0.29, 0.717) is 5.56 Å². The number of aryl methyl sites for hydroxylation is 4. The van der Waals surface area contributed by atoms with Crippen molar-refractivity contribution in [1.82, 2.24) is 5.32 Å². The smallest absolute Gasteiger partial charge is 0.373 e. The van der Waals surface area contributed by atoms with Crippen LogP contribution < -0.4 is 11.1 Å². The van der Waals surface area contributed by atoms with E-state index < -0.39 is 0 Å². The molecule has 0 heterocycles. The molecule has 35 heavy (non-hydrogen) atoms. The molecule has 0 fully saturated rings. The second-order valence-electron chi connectivity index (χ2n) is 9.90. The third-order valence-electron chi connectivity index (χ3n) is 6.12. The van der Waals surface area contributed by atoms with E-state index >= 15 is 0 Å². The Morgan fingerprint density at radius 3 is 2.09 bits per heavy atom.